The standard InChI is InChI=1S/C31H42N2/c1-5-27-23-26(13-19-31(27)24(2)3)12-16-30-11-7-10-22-33(30)25(4)28-14-17-29(18-15-28)32-20-8-6-9-21-32/h13-15,17-19,23,30H,2,4-12,16,20-22H2,1,3H3. The van der Waals surface area contributed by atoms with Crippen LogP contribution in [-0.4, -0.2) is 30.6 Å². The van der Waals surface area contributed by atoms with E-state index in [1.165, 1.54) is 97.2 Å². The maximum absolute atomic E-state index is 4.56. The third-order valence-corrected chi connectivity index (χ3v) is 7.67. The molecule has 0 spiro atoms. The Morgan fingerprint density at radius 1 is 0.909 bits per heavy atom. The molecule has 0 amide bonds. The fourth-order valence-electron chi connectivity index (χ4n) is 5.68. The molecule has 4 rings (SSSR count). The first kappa shape index (κ1) is 23.7. The van der Waals surface area contributed by atoms with E-state index in [0.29, 0.717) is 6.04 Å². The van der Waals surface area contributed by atoms with Gasteiger partial charge in [0, 0.05) is 37.1 Å². The van der Waals surface area contributed by atoms with E-state index in [0.717, 1.165) is 19.4 Å². The molecule has 0 radical (unpaired) electrons. The molecule has 1 unspecified atom stereocenters. The van der Waals surface area contributed by atoms with E-state index < -0.39 is 0 Å². The monoisotopic (exact) mass is 442 g/mol. The average Bonchev–Trinajstić information content (AvgIpc) is 2.87. The molecule has 2 saturated heterocycles. The van der Waals surface area contributed by atoms with Crippen molar-refractivity contribution < 1.29 is 0 Å². The van der Waals surface area contributed by atoms with Gasteiger partial charge in [0.05, 0.1) is 0 Å². The highest BCUT2D eigenvalue weighted by atomic mass is 15.2. The van der Waals surface area contributed by atoms with Gasteiger partial charge in [0.2, 0.25) is 0 Å². The molecule has 176 valence electrons. The second kappa shape index (κ2) is 11.1. The Morgan fingerprint density at radius 3 is 2.33 bits per heavy atom. The lowest BCUT2D eigenvalue weighted by atomic mass is 9.92. The number of hydrogen-bond donors (Lipinski definition) is 0. The van der Waals surface area contributed by atoms with Crippen LogP contribution in [0.25, 0.3) is 11.3 Å². The first-order valence-electron chi connectivity index (χ1n) is 13.2. The summed E-state index contributed by atoms with van der Waals surface area (Å²) in [5, 5.41) is 0. The number of hydrogen-bond acceptors (Lipinski definition) is 2. The van der Waals surface area contributed by atoms with Crippen LogP contribution >= 0.6 is 0 Å². The molecule has 0 aliphatic carbocycles. The molecule has 2 aromatic carbocycles. The molecule has 0 saturated carbocycles. The number of rotatable bonds is 8. The van der Waals surface area contributed by atoms with Crippen LogP contribution < -0.4 is 4.90 Å². The van der Waals surface area contributed by atoms with Crippen molar-refractivity contribution in [1.82, 2.24) is 4.90 Å². The lowest BCUT2D eigenvalue weighted by Gasteiger charge is -2.39. The topological polar surface area (TPSA) is 6.48 Å². The van der Waals surface area contributed by atoms with Crippen LogP contribution in [0.1, 0.15) is 81.0 Å². The summed E-state index contributed by atoms with van der Waals surface area (Å²) in [5.74, 6) is 0. The van der Waals surface area contributed by atoms with E-state index in [2.05, 4.69) is 79.3 Å². The molecule has 0 N–H and O–H groups in total. The zero-order chi connectivity index (χ0) is 23.2. The number of likely N-dealkylation sites (tertiary alicyclic amines) is 1. The second-order valence-corrected chi connectivity index (χ2v) is 10.0. The minimum absolute atomic E-state index is 0.582. The number of nitrogens with zero attached hydrogens (tertiary/aromatic N) is 2. The van der Waals surface area contributed by atoms with E-state index in [4.69, 9.17) is 0 Å². The summed E-state index contributed by atoms with van der Waals surface area (Å²) in [7, 11) is 0. The van der Waals surface area contributed by atoms with Gasteiger partial charge in [0.25, 0.3) is 0 Å². The van der Waals surface area contributed by atoms with Crippen molar-refractivity contribution in [3.63, 3.8) is 0 Å². The average molecular weight is 443 g/mol. The molecule has 0 bridgehead atoms. The predicted molar refractivity (Wildman–Crippen MR) is 145 cm³/mol. The van der Waals surface area contributed by atoms with Crippen molar-refractivity contribution in [2.75, 3.05) is 24.5 Å². The summed E-state index contributed by atoms with van der Waals surface area (Å²) in [6, 6.07) is 16.8. The van der Waals surface area contributed by atoms with E-state index in [1.807, 2.05) is 0 Å². The van der Waals surface area contributed by atoms with Gasteiger partial charge in [-0.05, 0) is 99.1 Å². The van der Waals surface area contributed by atoms with Gasteiger partial charge in [-0.3, -0.25) is 0 Å². The Kier molecular flexibility index (Phi) is 7.96. The van der Waals surface area contributed by atoms with Crippen LogP contribution in [0.15, 0.2) is 55.6 Å². The molecule has 33 heavy (non-hydrogen) atoms. The highest BCUT2D eigenvalue weighted by molar-refractivity contribution is 5.66. The molecule has 0 aromatic heterocycles. The van der Waals surface area contributed by atoms with Crippen molar-refractivity contribution >= 4 is 17.0 Å². The van der Waals surface area contributed by atoms with Gasteiger partial charge in [0.15, 0.2) is 0 Å². The van der Waals surface area contributed by atoms with Gasteiger partial charge in [-0.25, -0.2) is 0 Å². The molecule has 1 atom stereocenters. The number of anilines is 1. The largest absolute Gasteiger partial charge is 0.372 e. The Hall–Kier alpha value is -2.48. The highest BCUT2D eigenvalue weighted by Gasteiger charge is 2.24. The first-order valence-corrected chi connectivity index (χ1v) is 13.2. The fraction of sp³-hybridized carbons (Fsp3) is 0.484. The van der Waals surface area contributed by atoms with Crippen LogP contribution in [0.3, 0.4) is 0 Å². The second-order valence-electron chi connectivity index (χ2n) is 10.0. The van der Waals surface area contributed by atoms with Crippen molar-refractivity contribution in [2.24, 2.45) is 0 Å². The molecule has 2 nitrogen and oxygen atoms in total. The van der Waals surface area contributed by atoms with E-state index in [1.54, 1.807) is 0 Å². The van der Waals surface area contributed by atoms with Crippen molar-refractivity contribution in [2.45, 2.75) is 77.7 Å². The van der Waals surface area contributed by atoms with Gasteiger partial charge >= 0.3 is 0 Å². The lowest BCUT2D eigenvalue weighted by Crippen LogP contribution is -2.38. The van der Waals surface area contributed by atoms with E-state index in [9.17, 15) is 0 Å². The number of benzene rings is 2. The molecule has 2 aliphatic heterocycles. The van der Waals surface area contributed by atoms with Crippen LogP contribution in [0.2, 0.25) is 0 Å². The Morgan fingerprint density at radius 2 is 1.64 bits per heavy atom. The van der Waals surface area contributed by atoms with Crippen molar-refractivity contribution in [3.05, 3.63) is 77.9 Å². The molecule has 2 aliphatic rings. The Balaban J connectivity index is 1.41. The summed E-state index contributed by atoms with van der Waals surface area (Å²) < 4.78 is 0. The molecule has 2 heterocycles. The summed E-state index contributed by atoms with van der Waals surface area (Å²) in [5.41, 5.74) is 9.23. The third-order valence-electron chi connectivity index (χ3n) is 7.67. The van der Waals surface area contributed by atoms with Gasteiger partial charge < -0.3 is 9.80 Å². The fourth-order valence-corrected chi connectivity index (χ4v) is 5.68. The minimum Gasteiger partial charge on any atom is -0.372 e. The molecular weight excluding hydrogens is 400 g/mol. The van der Waals surface area contributed by atoms with Crippen molar-refractivity contribution in [3.8, 4) is 0 Å². The Labute approximate surface area is 202 Å². The lowest BCUT2D eigenvalue weighted by molar-refractivity contribution is 0.217. The maximum atomic E-state index is 4.56. The van der Waals surface area contributed by atoms with Crippen LogP contribution in [0, 0.1) is 0 Å². The zero-order valence-electron chi connectivity index (χ0n) is 20.9. The van der Waals surface area contributed by atoms with Gasteiger partial charge in [-0.1, -0.05) is 56.0 Å². The maximum Gasteiger partial charge on any atom is 0.0369 e. The predicted octanol–water partition coefficient (Wildman–Crippen LogP) is 7.73. The quantitative estimate of drug-likeness (QED) is 0.413. The molecule has 2 aromatic rings. The third kappa shape index (κ3) is 5.72. The van der Waals surface area contributed by atoms with Crippen LogP contribution in [-0.2, 0) is 12.8 Å². The van der Waals surface area contributed by atoms with Crippen LogP contribution in [0.4, 0.5) is 5.69 Å². The smallest absolute Gasteiger partial charge is 0.0369 e. The molecule has 2 fully saturated rings. The summed E-state index contributed by atoms with van der Waals surface area (Å²) in [6.45, 7) is 16.6. The number of allylic oxidation sites excluding steroid dienone is 1. The number of aryl methyl sites for hydroxylation is 2. The first-order chi connectivity index (χ1) is 16.1. The van der Waals surface area contributed by atoms with Crippen molar-refractivity contribution in [1.29, 1.82) is 0 Å². The van der Waals surface area contributed by atoms with Gasteiger partial charge in [0.1, 0.15) is 0 Å². The summed E-state index contributed by atoms with van der Waals surface area (Å²) in [4.78, 5) is 5.13. The van der Waals surface area contributed by atoms with Gasteiger partial charge in [-0.2, -0.15) is 0 Å². The molecular formula is C31H42N2. The summed E-state index contributed by atoms with van der Waals surface area (Å²) in [6.07, 6.45) is 11.3. The normalized spacial score (nSPS) is 18.9. The van der Waals surface area contributed by atoms with E-state index >= 15 is 0 Å². The zero-order valence-corrected chi connectivity index (χ0v) is 20.9. The molecule has 2 heteroatoms. The van der Waals surface area contributed by atoms with Gasteiger partial charge in [-0.15, -0.1) is 0 Å². The van der Waals surface area contributed by atoms with Crippen LogP contribution in [0.5, 0.6) is 0 Å². The summed E-state index contributed by atoms with van der Waals surface area (Å²) >= 11 is 0. The minimum atomic E-state index is 0.582. The number of piperidine rings is 2. The highest BCUT2D eigenvalue weighted by Crippen LogP contribution is 2.31. The van der Waals surface area contributed by atoms with E-state index in [-0.39, 0.29) is 0 Å². The Bertz CT molecular complexity index is 949. The SMILES string of the molecule is C=C(C)c1ccc(CCC2CCCCN2C(=C)c2ccc(N3CCCCC3)cc2)cc1CC.